The van der Waals surface area contributed by atoms with E-state index in [1.165, 1.54) is 17.7 Å². The van der Waals surface area contributed by atoms with Crippen molar-refractivity contribution in [3.63, 3.8) is 0 Å². The number of phenols is 2. The molecule has 0 bridgehead atoms. The van der Waals surface area contributed by atoms with Gasteiger partial charge in [-0.3, -0.25) is 0 Å². The standard InChI is InChI=1S/C15H17NO2/c1-10-8-11(3-6-14(10)16)2-4-12-9-13(17)5-7-15(12)18/h3,5-9,17-18H,2,4,16H2,1H3. The van der Waals surface area contributed by atoms with E-state index in [1.807, 2.05) is 19.1 Å². The quantitative estimate of drug-likeness (QED) is 0.573. The highest BCUT2D eigenvalue weighted by atomic mass is 16.3. The zero-order chi connectivity index (χ0) is 13.1. The Labute approximate surface area is 107 Å². The lowest BCUT2D eigenvalue weighted by Gasteiger charge is -2.07. The number of hydrogen-bond acceptors (Lipinski definition) is 3. The molecule has 0 saturated carbocycles. The van der Waals surface area contributed by atoms with E-state index in [9.17, 15) is 10.2 Å². The molecule has 0 unspecified atom stereocenters. The molecule has 0 spiro atoms. The number of hydrogen-bond donors (Lipinski definition) is 3. The van der Waals surface area contributed by atoms with Gasteiger partial charge in [0.1, 0.15) is 11.5 Å². The second-order valence-electron chi connectivity index (χ2n) is 4.50. The number of aryl methyl sites for hydroxylation is 3. The van der Waals surface area contributed by atoms with Gasteiger partial charge in [-0.25, -0.2) is 0 Å². The van der Waals surface area contributed by atoms with Gasteiger partial charge in [0.05, 0.1) is 0 Å². The van der Waals surface area contributed by atoms with Gasteiger partial charge in [-0.1, -0.05) is 12.1 Å². The number of anilines is 1. The predicted molar refractivity (Wildman–Crippen MR) is 72.8 cm³/mol. The zero-order valence-corrected chi connectivity index (χ0v) is 10.4. The Hall–Kier alpha value is -2.16. The summed E-state index contributed by atoms with van der Waals surface area (Å²) in [6.07, 6.45) is 1.49. The fraction of sp³-hybridized carbons (Fsp3) is 0.200. The van der Waals surface area contributed by atoms with Crippen LogP contribution in [-0.2, 0) is 12.8 Å². The molecule has 0 heterocycles. The van der Waals surface area contributed by atoms with Crippen molar-refractivity contribution in [3.05, 3.63) is 53.1 Å². The van der Waals surface area contributed by atoms with Crippen LogP contribution in [0.15, 0.2) is 36.4 Å². The summed E-state index contributed by atoms with van der Waals surface area (Å²) in [6.45, 7) is 1.98. The average molecular weight is 243 g/mol. The number of nitrogen functional groups attached to an aromatic ring is 1. The van der Waals surface area contributed by atoms with Crippen LogP contribution in [0.25, 0.3) is 0 Å². The summed E-state index contributed by atoms with van der Waals surface area (Å²) in [6, 6.07) is 10.5. The molecule has 0 aromatic heterocycles. The molecule has 0 fully saturated rings. The van der Waals surface area contributed by atoms with Crippen molar-refractivity contribution in [3.8, 4) is 11.5 Å². The minimum atomic E-state index is 0.177. The predicted octanol–water partition coefficient (Wildman–Crippen LogP) is 2.77. The molecule has 0 aliphatic rings. The molecule has 0 atom stereocenters. The zero-order valence-electron chi connectivity index (χ0n) is 10.4. The summed E-state index contributed by atoms with van der Waals surface area (Å²) < 4.78 is 0. The minimum Gasteiger partial charge on any atom is -0.508 e. The highest BCUT2D eigenvalue weighted by molar-refractivity contribution is 5.48. The number of benzene rings is 2. The second-order valence-corrected chi connectivity index (χ2v) is 4.50. The van der Waals surface area contributed by atoms with Gasteiger partial charge in [-0.15, -0.1) is 0 Å². The smallest absolute Gasteiger partial charge is 0.119 e. The fourth-order valence-corrected chi connectivity index (χ4v) is 1.94. The van der Waals surface area contributed by atoms with E-state index < -0.39 is 0 Å². The Morgan fingerprint density at radius 1 is 1.00 bits per heavy atom. The van der Waals surface area contributed by atoms with E-state index in [-0.39, 0.29) is 11.5 Å². The summed E-state index contributed by atoms with van der Waals surface area (Å²) in [5, 5.41) is 19.1. The van der Waals surface area contributed by atoms with Crippen molar-refractivity contribution in [1.82, 2.24) is 0 Å². The van der Waals surface area contributed by atoms with Crippen LogP contribution in [0.1, 0.15) is 16.7 Å². The van der Waals surface area contributed by atoms with Crippen molar-refractivity contribution in [2.24, 2.45) is 0 Å². The maximum absolute atomic E-state index is 9.68. The number of nitrogens with two attached hydrogens (primary N) is 1. The number of phenolic OH excluding ortho intramolecular Hbond substituents is 2. The van der Waals surface area contributed by atoms with Crippen LogP contribution < -0.4 is 5.73 Å². The van der Waals surface area contributed by atoms with Crippen LogP contribution in [0.5, 0.6) is 11.5 Å². The summed E-state index contributed by atoms with van der Waals surface area (Å²) in [5.74, 6) is 0.399. The monoisotopic (exact) mass is 243 g/mol. The maximum Gasteiger partial charge on any atom is 0.119 e. The second kappa shape index (κ2) is 5.00. The van der Waals surface area contributed by atoms with Gasteiger partial charge in [0.2, 0.25) is 0 Å². The summed E-state index contributed by atoms with van der Waals surface area (Å²) in [4.78, 5) is 0. The van der Waals surface area contributed by atoms with E-state index >= 15 is 0 Å². The molecule has 0 aliphatic heterocycles. The third-order valence-electron chi connectivity index (χ3n) is 3.08. The van der Waals surface area contributed by atoms with E-state index in [0.29, 0.717) is 6.42 Å². The Balaban J connectivity index is 2.11. The number of aromatic hydroxyl groups is 2. The molecule has 2 rings (SSSR count). The molecular formula is C15H17NO2. The van der Waals surface area contributed by atoms with Crippen molar-refractivity contribution >= 4 is 5.69 Å². The lowest BCUT2D eigenvalue weighted by atomic mass is 10.0. The highest BCUT2D eigenvalue weighted by Crippen LogP contribution is 2.24. The third-order valence-corrected chi connectivity index (χ3v) is 3.08. The van der Waals surface area contributed by atoms with Gasteiger partial charge in [0.25, 0.3) is 0 Å². The van der Waals surface area contributed by atoms with Gasteiger partial charge >= 0.3 is 0 Å². The third kappa shape index (κ3) is 2.74. The van der Waals surface area contributed by atoms with Crippen LogP contribution >= 0.6 is 0 Å². The van der Waals surface area contributed by atoms with Crippen LogP contribution in [0, 0.1) is 6.92 Å². The van der Waals surface area contributed by atoms with Crippen LogP contribution in [0.2, 0.25) is 0 Å². The highest BCUT2D eigenvalue weighted by Gasteiger charge is 2.04. The van der Waals surface area contributed by atoms with Crippen LogP contribution in [-0.4, -0.2) is 10.2 Å². The minimum absolute atomic E-state index is 0.177. The topological polar surface area (TPSA) is 66.5 Å². The van der Waals surface area contributed by atoms with E-state index in [0.717, 1.165) is 23.2 Å². The molecule has 0 radical (unpaired) electrons. The summed E-state index contributed by atoms with van der Waals surface area (Å²) in [7, 11) is 0. The molecule has 0 aliphatic carbocycles. The molecule has 0 saturated heterocycles. The first-order valence-corrected chi connectivity index (χ1v) is 5.92. The average Bonchev–Trinajstić information content (AvgIpc) is 2.34. The van der Waals surface area contributed by atoms with E-state index in [1.54, 1.807) is 6.07 Å². The van der Waals surface area contributed by atoms with Gasteiger partial charge in [-0.05, 0) is 60.7 Å². The molecule has 2 aromatic carbocycles. The van der Waals surface area contributed by atoms with Crippen molar-refractivity contribution in [2.45, 2.75) is 19.8 Å². The van der Waals surface area contributed by atoms with E-state index in [2.05, 4.69) is 6.07 Å². The molecule has 2 aromatic rings. The Morgan fingerprint density at radius 2 is 1.78 bits per heavy atom. The van der Waals surface area contributed by atoms with Gasteiger partial charge in [0.15, 0.2) is 0 Å². The molecule has 3 nitrogen and oxygen atoms in total. The molecule has 0 amide bonds. The Bertz CT molecular complexity index is 564. The van der Waals surface area contributed by atoms with Crippen LogP contribution in [0.4, 0.5) is 5.69 Å². The molecule has 4 N–H and O–H groups in total. The van der Waals surface area contributed by atoms with E-state index in [4.69, 9.17) is 5.73 Å². The SMILES string of the molecule is Cc1cc(CCc2cc(O)ccc2O)ccc1N. The van der Waals surface area contributed by atoms with Crippen molar-refractivity contribution in [2.75, 3.05) is 5.73 Å². The molecule has 94 valence electrons. The van der Waals surface area contributed by atoms with Gasteiger partial charge in [-0.2, -0.15) is 0 Å². The lowest BCUT2D eigenvalue weighted by Crippen LogP contribution is -1.95. The molecule has 18 heavy (non-hydrogen) atoms. The molecular weight excluding hydrogens is 226 g/mol. The first kappa shape index (κ1) is 12.3. The summed E-state index contributed by atoms with van der Waals surface area (Å²) >= 11 is 0. The normalized spacial score (nSPS) is 10.5. The van der Waals surface area contributed by atoms with Crippen molar-refractivity contribution in [1.29, 1.82) is 0 Å². The van der Waals surface area contributed by atoms with Crippen LogP contribution in [0.3, 0.4) is 0 Å². The fourth-order valence-electron chi connectivity index (χ4n) is 1.94. The van der Waals surface area contributed by atoms with Gasteiger partial charge < -0.3 is 15.9 Å². The maximum atomic E-state index is 9.68. The first-order valence-electron chi connectivity index (χ1n) is 5.92. The summed E-state index contributed by atoms with van der Waals surface area (Å²) in [5.41, 5.74) is 9.55. The first-order chi connectivity index (χ1) is 8.56. The number of rotatable bonds is 3. The Morgan fingerprint density at radius 3 is 2.50 bits per heavy atom. The largest absolute Gasteiger partial charge is 0.508 e. The Kier molecular flexibility index (Phi) is 3.42. The van der Waals surface area contributed by atoms with Gasteiger partial charge in [0, 0.05) is 5.69 Å². The van der Waals surface area contributed by atoms with Crippen molar-refractivity contribution < 1.29 is 10.2 Å². The lowest BCUT2D eigenvalue weighted by molar-refractivity contribution is 0.454. The molecule has 3 heteroatoms.